The maximum atomic E-state index is 12.6. The number of nitrogens with zero attached hydrogens (tertiary/aromatic N) is 3. The van der Waals surface area contributed by atoms with Crippen molar-refractivity contribution in [3.05, 3.63) is 53.9 Å². The molecule has 0 unspecified atom stereocenters. The summed E-state index contributed by atoms with van der Waals surface area (Å²) < 4.78 is 1.84. The standard InChI is InChI=1S/C19H22N4O3/c1-14(24)20-17-5-3-15(4-6-17)18(25)22-9-11-23(12-10-22)19(26)16-7-8-21(2)13-16/h3-8,13H,9-12H2,1-2H3,(H,20,24). The summed E-state index contributed by atoms with van der Waals surface area (Å²) in [5, 5.41) is 2.68. The van der Waals surface area contributed by atoms with E-state index in [4.69, 9.17) is 0 Å². The van der Waals surface area contributed by atoms with E-state index in [-0.39, 0.29) is 17.7 Å². The minimum atomic E-state index is -0.150. The van der Waals surface area contributed by atoms with Gasteiger partial charge in [-0.15, -0.1) is 0 Å². The fourth-order valence-electron chi connectivity index (χ4n) is 3.01. The zero-order chi connectivity index (χ0) is 18.7. The van der Waals surface area contributed by atoms with Crippen molar-refractivity contribution in [3.63, 3.8) is 0 Å². The molecular formula is C19H22N4O3. The highest BCUT2D eigenvalue weighted by molar-refractivity contribution is 5.96. The lowest BCUT2D eigenvalue weighted by atomic mass is 10.1. The zero-order valence-corrected chi connectivity index (χ0v) is 14.9. The van der Waals surface area contributed by atoms with Crippen molar-refractivity contribution in [1.82, 2.24) is 14.4 Å². The fourth-order valence-corrected chi connectivity index (χ4v) is 3.01. The summed E-state index contributed by atoms with van der Waals surface area (Å²) in [6.45, 7) is 3.48. The van der Waals surface area contributed by atoms with Crippen molar-refractivity contribution in [3.8, 4) is 0 Å². The molecule has 1 aliphatic rings. The summed E-state index contributed by atoms with van der Waals surface area (Å²) in [7, 11) is 1.88. The van der Waals surface area contributed by atoms with Gasteiger partial charge in [0.05, 0.1) is 5.56 Å². The minimum absolute atomic E-state index is 0.00245. The molecule has 2 aromatic rings. The first-order valence-electron chi connectivity index (χ1n) is 8.52. The van der Waals surface area contributed by atoms with E-state index in [2.05, 4.69) is 5.32 Å². The molecule has 7 heteroatoms. The second-order valence-electron chi connectivity index (χ2n) is 6.41. The number of hydrogen-bond acceptors (Lipinski definition) is 3. The fraction of sp³-hybridized carbons (Fsp3) is 0.316. The molecule has 0 radical (unpaired) electrons. The first kappa shape index (κ1) is 17.7. The van der Waals surface area contributed by atoms with Crippen molar-refractivity contribution in [1.29, 1.82) is 0 Å². The number of rotatable bonds is 3. The van der Waals surface area contributed by atoms with E-state index in [0.29, 0.717) is 43.0 Å². The Balaban J connectivity index is 1.58. The molecule has 2 heterocycles. The Morgan fingerprint density at radius 1 is 0.846 bits per heavy atom. The lowest BCUT2D eigenvalue weighted by molar-refractivity contribution is -0.114. The average Bonchev–Trinajstić information content (AvgIpc) is 3.07. The average molecular weight is 354 g/mol. The molecule has 1 aromatic carbocycles. The summed E-state index contributed by atoms with van der Waals surface area (Å²) in [6.07, 6.45) is 3.65. The molecule has 0 saturated carbocycles. The maximum absolute atomic E-state index is 12.6. The van der Waals surface area contributed by atoms with Crippen molar-refractivity contribution in [2.75, 3.05) is 31.5 Å². The number of hydrogen-bond donors (Lipinski definition) is 1. The molecule has 1 aliphatic heterocycles. The summed E-state index contributed by atoms with van der Waals surface area (Å²) in [5.74, 6) is -0.216. The number of anilines is 1. The molecule has 1 N–H and O–H groups in total. The number of amides is 3. The number of aromatic nitrogens is 1. The highest BCUT2D eigenvalue weighted by Crippen LogP contribution is 2.14. The quantitative estimate of drug-likeness (QED) is 0.909. The third-order valence-electron chi connectivity index (χ3n) is 4.39. The number of nitrogens with one attached hydrogen (secondary N) is 1. The van der Waals surface area contributed by atoms with Gasteiger partial charge in [-0.25, -0.2) is 0 Å². The first-order chi connectivity index (χ1) is 12.4. The predicted octanol–water partition coefficient (Wildman–Crippen LogP) is 1.58. The van der Waals surface area contributed by atoms with Crippen molar-refractivity contribution >= 4 is 23.4 Å². The van der Waals surface area contributed by atoms with Crippen LogP contribution < -0.4 is 5.32 Å². The Hall–Kier alpha value is -3.09. The van der Waals surface area contributed by atoms with Crippen LogP contribution in [0.2, 0.25) is 0 Å². The van der Waals surface area contributed by atoms with Gasteiger partial charge >= 0.3 is 0 Å². The molecule has 26 heavy (non-hydrogen) atoms. The van der Waals surface area contributed by atoms with E-state index in [1.807, 2.05) is 17.8 Å². The van der Waals surface area contributed by atoms with Gasteiger partial charge in [-0.05, 0) is 30.3 Å². The summed E-state index contributed by atoms with van der Waals surface area (Å²) in [4.78, 5) is 39.7. The minimum Gasteiger partial charge on any atom is -0.356 e. The second kappa shape index (κ2) is 7.43. The molecule has 0 spiro atoms. The van der Waals surface area contributed by atoms with E-state index in [1.165, 1.54) is 6.92 Å². The van der Waals surface area contributed by atoms with Gasteiger partial charge in [0, 0.05) is 63.8 Å². The van der Waals surface area contributed by atoms with E-state index in [9.17, 15) is 14.4 Å². The molecular weight excluding hydrogens is 332 g/mol. The van der Waals surface area contributed by atoms with Crippen LogP contribution in [0, 0.1) is 0 Å². The van der Waals surface area contributed by atoms with Crippen LogP contribution in [0.25, 0.3) is 0 Å². The van der Waals surface area contributed by atoms with Gasteiger partial charge in [0.1, 0.15) is 0 Å². The molecule has 1 fully saturated rings. The second-order valence-corrected chi connectivity index (χ2v) is 6.41. The van der Waals surface area contributed by atoms with E-state index < -0.39 is 0 Å². The lowest BCUT2D eigenvalue weighted by Gasteiger charge is -2.34. The molecule has 7 nitrogen and oxygen atoms in total. The molecule has 3 rings (SSSR count). The summed E-state index contributed by atoms with van der Waals surface area (Å²) in [5.41, 5.74) is 1.90. The van der Waals surface area contributed by atoms with Crippen LogP contribution in [0.4, 0.5) is 5.69 Å². The lowest BCUT2D eigenvalue weighted by Crippen LogP contribution is -2.50. The summed E-state index contributed by atoms with van der Waals surface area (Å²) >= 11 is 0. The molecule has 1 aromatic heterocycles. The molecule has 0 aliphatic carbocycles. The maximum Gasteiger partial charge on any atom is 0.255 e. The predicted molar refractivity (Wildman–Crippen MR) is 98.0 cm³/mol. The normalized spacial score (nSPS) is 14.2. The Labute approximate surface area is 152 Å². The number of carbonyl (C=O) groups is 3. The highest BCUT2D eigenvalue weighted by Gasteiger charge is 2.25. The van der Waals surface area contributed by atoms with E-state index >= 15 is 0 Å². The van der Waals surface area contributed by atoms with E-state index in [1.54, 1.807) is 46.3 Å². The van der Waals surface area contributed by atoms with Crippen molar-refractivity contribution < 1.29 is 14.4 Å². The number of carbonyl (C=O) groups excluding carboxylic acids is 3. The Kier molecular flexibility index (Phi) is 5.06. The van der Waals surface area contributed by atoms with Gasteiger partial charge in [0.25, 0.3) is 11.8 Å². The topological polar surface area (TPSA) is 74.7 Å². The number of aryl methyl sites for hydroxylation is 1. The summed E-state index contributed by atoms with van der Waals surface area (Å²) in [6, 6.07) is 8.63. The smallest absolute Gasteiger partial charge is 0.255 e. The van der Waals surface area contributed by atoms with E-state index in [0.717, 1.165) is 0 Å². The monoisotopic (exact) mass is 354 g/mol. The molecule has 3 amide bonds. The molecule has 0 bridgehead atoms. The van der Waals surface area contributed by atoms with Crippen LogP contribution in [-0.4, -0.2) is 58.3 Å². The Bertz CT molecular complexity index is 818. The van der Waals surface area contributed by atoms with Gasteiger partial charge in [-0.2, -0.15) is 0 Å². The molecule has 136 valence electrons. The largest absolute Gasteiger partial charge is 0.356 e. The van der Waals surface area contributed by atoms with Crippen molar-refractivity contribution in [2.24, 2.45) is 7.05 Å². The van der Waals surface area contributed by atoms with Gasteiger partial charge in [0.2, 0.25) is 5.91 Å². The van der Waals surface area contributed by atoms with Crippen LogP contribution in [-0.2, 0) is 11.8 Å². The van der Waals surface area contributed by atoms with Gasteiger partial charge in [-0.3, -0.25) is 14.4 Å². The number of piperazine rings is 1. The van der Waals surface area contributed by atoms with Crippen molar-refractivity contribution in [2.45, 2.75) is 6.92 Å². The SMILES string of the molecule is CC(=O)Nc1ccc(C(=O)N2CCN(C(=O)c3ccn(C)c3)CC2)cc1. The van der Waals surface area contributed by atoms with Crippen LogP contribution in [0.3, 0.4) is 0 Å². The van der Waals surface area contributed by atoms with Gasteiger partial charge in [0.15, 0.2) is 0 Å². The highest BCUT2D eigenvalue weighted by atomic mass is 16.2. The van der Waals surface area contributed by atoms with Crippen LogP contribution in [0.1, 0.15) is 27.6 Å². The molecule has 0 atom stereocenters. The first-order valence-corrected chi connectivity index (χ1v) is 8.52. The van der Waals surface area contributed by atoms with Crippen LogP contribution in [0.5, 0.6) is 0 Å². The number of benzene rings is 1. The van der Waals surface area contributed by atoms with Crippen LogP contribution in [0.15, 0.2) is 42.7 Å². The molecule has 1 saturated heterocycles. The Morgan fingerprint density at radius 3 is 1.85 bits per heavy atom. The third-order valence-corrected chi connectivity index (χ3v) is 4.39. The van der Waals surface area contributed by atoms with Gasteiger partial charge < -0.3 is 19.7 Å². The Morgan fingerprint density at radius 2 is 1.38 bits per heavy atom. The third kappa shape index (κ3) is 3.93. The van der Waals surface area contributed by atoms with Gasteiger partial charge in [-0.1, -0.05) is 0 Å². The zero-order valence-electron chi connectivity index (χ0n) is 14.9. The van der Waals surface area contributed by atoms with Crippen LogP contribution >= 0.6 is 0 Å².